The first-order valence-corrected chi connectivity index (χ1v) is 10.2. The van der Waals surface area contributed by atoms with Crippen LogP contribution in [0.2, 0.25) is 0 Å². The first-order chi connectivity index (χ1) is 13.7. The first kappa shape index (κ1) is 20.0. The SMILES string of the molecule is CCCN(CC(=O)NCCOc1ccccc1)Cc1nnc(-c2cccs2)o1. The molecular weight excluding hydrogens is 376 g/mol. The summed E-state index contributed by atoms with van der Waals surface area (Å²) in [5, 5.41) is 13.0. The Balaban J connectivity index is 1.44. The first-order valence-electron chi connectivity index (χ1n) is 9.27. The van der Waals surface area contributed by atoms with Crippen molar-refractivity contribution < 1.29 is 13.9 Å². The molecule has 0 aliphatic heterocycles. The molecule has 0 unspecified atom stereocenters. The molecule has 3 rings (SSSR count). The number of ether oxygens (including phenoxy) is 1. The summed E-state index contributed by atoms with van der Waals surface area (Å²) < 4.78 is 11.3. The Labute approximate surface area is 168 Å². The van der Waals surface area contributed by atoms with Crippen LogP contribution in [-0.2, 0) is 11.3 Å². The average molecular weight is 401 g/mol. The summed E-state index contributed by atoms with van der Waals surface area (Å²) in [5.41, 5.74) is 0. The van der Waals surface area contributed by atoms with Gasteiger partial charge in [-0.1, -0.05) is 31.2 Å². The van der Waals surface area contributed by atoms with E-state index in [4.69, 9.17) is 9.15 Å². The Kier molecular flexibility index (Phi) is 7.57. The third kappa shape index (κ3) is 6.17. The summed E-state index contributed by atoms with van der Waals surface area (Å²) in [7, 11) is 0. The summed E-state index contributed by atoms with van der Waals surface area (Å²) in [6.45, 7) is 4.44. The van der Waals surface area contributed by atoms with Crippen LogP contribution in [0, 0.1) is 0 Å². The molecule has 2 heterocycles. The molecule has 0 radical (unpaired) electrons. The molecular formula is C20H24N4O3S. The topological polar surface area (TPSA) is 80.5 Å². The Morgan fingerprint density at radius 3 is 2.82 bits per heavy atom. The molecule has 0 saturated heterocycles. The van der Waals surface area contributed by atoms with Gasteiger partial charge in [-0.3, -0.25) is 9.69 Å². The quantitative estimate of drug-likeness (QED) is 0.498. The molecule has 0 spiro atoms. The standard InChI is InChI=1S/C20H24N4O3S/c1-2-11-24(15-19-22-23-20(27-19)17-9-6-13-28-17)14-18(25)21-10-12-26-16-7-4-3-5-8-16/h3-9,13H,2,10-12,14-15H2,1H3,(H,21,25). The van der Waals surface area contributed by atoms with Crippen LogP contribution in [-0.4, -0.2) is 47.2 Å². The molecule has 3 aromatic rings. The maximum Gasteiger partial charge on any atom is 0.257 e. The van der Waals surface area contributed by atoms with Crippen molar-refractivity contribution in [2.24, 2.45) is 0 Å². The Hall–Kier alpha value is -2.71. The number of nitrogens with zero attached hydrogens (tertiary/aromatic N) is 3. The van der Waals surface area contributed by atoms with Gasteiger partial charge in [-0.25, -0.2) is 0 Å². The Morgan fingerprint density at radius 2 is 2.07 bits per heavy atom. The van der Waals surface area contributed by atoms with Gasteiger partial charge in [-0.15, -0.1) is 21.5 Å². The van der Waals surface area contributed by atoms with Gasteiger partial charge in [0.2, 0.25) is 11.8 Å². The Bertz CT molecular complexity index is 836. The number of thiophene rings is 1. The second kappa shape index (κ2) is 10.6. The number of aromatic nitrogens is 2. The largest absolute Gasteiger partial charge is 0.492 e. The molecule has 0 saturated carbocycles. The van der Waals surface area contributed by atoms with Gasteiger partial charge in [0.05, 0.1) is 24.5 Å². The lowest BCUT2D eigenvalue weighted by molar-refractivity contribution is -0.122. The molecule has 0 aliphatic carbocycles. The van der Waals surface area contributed by atoms with Crippen LogP contribution in [0.15, 0.2) is 52.3 Å². The van der Waals surface area contributed by atoms with E-state index in [-0.39, 0.29) is 12.5 Å². The summed E-state index contributed by atoms with van der Waals surface area (Å²) in [5.74, 6) is 1.77. The zero-order chi connectivity index (χ0) is 19.6. The van der Waals surface area contributed by atoms with E-state index >= 15 is 0 Å². The van der Waals surface area contributed by atoms with Crippen LogP contribution in [0.3, 0.4) is 0 Å². The van der Waals surface area contributed by atoms with Crippen molar-refractivity contribution in [1.29, 1.82) is 0 Å². The van der Waals surface area contributed by atoms with Crippen molar-refractivity contribution in [3.05, 3.63) is 53.7 Å². The van der Waals surface area contributed by atoms with Gasteiger partial charge in [0.1, 0.15) is 12.4 Å². The van der Waals surface area contributed by atoms with Crippen LogP contribution >= 0.6 is 11.3 Å². The number of benzene rings is 1. The predicted molar refractivity (Wildman–Crippen MR) is 108 cm³/mol. The van der Waals surface area contributed by atoms with E-state index in [1.54, 1.807) is 11.3 Å². The summed E-state index contributed by atoms with van der Waals surface area (Å²) in [6, 6.07) is 13.4. The van der Waals surface area contributed by atoms with Crippen molar-refractivity contribution in [2.75, 3.05) is 26.2 Å². The third-order valence-electron chi connectivity index (χ3n) is 3.90. The molecule has 1 aromatic carbocycles. The van der Waals surface area contributed by atoms with Gasteiger partial charge < -0.3 is 14.5 Å². The van der Waals surface area contributed by atoms with E-state index in [1.807, 2.05) is 52.7 Å². The molecule has 0 fully saturated rings. The minimum atomic E-state index is -0.0527. The number of hydrogen-bond acceptors (Lipinski definition) is 7. The van der Waals surface area contributed by atoms with E-state index in [0.717, 1.165) is 23.6 Å². The molecule has 1 N–H and O–H groups in total. The molecule has 0 bridgehead atoms. The second-order valence-electron chi connectivity index (χ2n) is 6.20. The monoisotopic (exact) mass is 400 g/mol. The lowest BCUT2D eigenvalue weighted by atomic mass is 10.3. The fourth-order valence-electron chi connectivity index (χ4n) is 2.67. The molecule has 0 atom stereocenters. The maximum atomic E-state index is 12.2. The van der Waals surface area contributed by atoms with E-state index in [0.29, 0.717) is 31.5 Å². The number of carbonyl (C=O) groups is 1. The number of para-hydroxylation sites is 1. The molecule has 28 heavy (non-hydrogen) atoms. The second-order valence-corrected chi connectivity index (χ2v) is 7.15. The van der Waals surface area contributed by atoms with Crippen molar-refractivity contribution in [2.45, 2.75) is 19.9 Å². The van der Waals surface area contributed by atoms with Gasteiger partial charge in [0.15, 0.2) is 0 Å². The number of rotatable bonds is 11. The van der Waals surface area contributed by atoms with E-state index in [9.17, 15) is 4.79 Å². The van der Waals surface area contributed by atoms with Gasteiger partial charge in [-0.2, -0.15) is 0 Å². The third-order valence-corrected chi connectivity index (χ3v) is 4.76. The van der Waals surface area contributed by atoms with Crippen LogP contribution in [0.25, 0.3) is 10.8 Å². The lowest BCUT2D eigenvalue weighted by Crippen LogP contribution is -2.38. The summed E-state index contributed by atoms with van der Waals surface area (Å²) in [6.07, 6.45) is 0.927. The maximum absolute atomic E-state index is 12.2. The predicted octanol–water partition coefficient (Wildman–Crippen LogP) is 3.21. The van der Waals surface area contributed by atoms with Crippen LogP contribution in [0.4, 0.5) is 0 Å². The van der Waals surface area contributed by atoms with Crippen LogP contribution < -0.4 is 10.1 Å². The Morgan fingerprint density at radius 1 is 1.21 bits per heavy atom. The normalized spacial score (nSPS) is 10.9. The zero-order valence-corrected chi connectivity index (χ0v) is 16.7. The van der Waals surface area contributed by atoms with Crippen LogP contribution in [0.5, 0.6) is 5.75 Å². The van der Waals surface area contributed by atoms with Crippen molar-refractivity contribution in [3.63, 3.8) is 0 Å². The van der Waals surface area contributed by atoms with Gasteiger partial charge in [0.25, 0.3) is 5.89 Å². The van der Waals surface area contributed by atoms with Gasteiger partial charge >= 0.3 is 0 Å². The average Bonchev–Trinajstić information content (AvgIpc) is 3.38. The van der Waals surface area contributed by atoms with Gasteiger partial charge in [-0.05, 0) is 36.5 Å². The lowest BCUT2D eigenvalue weighted by Gasteiger charge is -2.19. The minimum Gasteiger partial charge on any atom is -0.492 e. The molecule has 1 amide bonds. The van der Waals surface area contributed by atoms with E-state index < -0.39 is 0 Å². The highest BCUT2D eigenvalue weighted by molar-refractivity contribution is 7.13. The molecule has 8 heteroatoms. The minimum absolute atomic E-state index is 0.0527. The highest BCUT2D eigenvalue weighted by atomic mass is 32.1. The van der Waals surface area contributed by atoms with Gasteiger partial charge in [0, 0.05) is 0 Å². The number of nitrogens with one attached hydrogen (secondary N) is 1. The molecule has 0 aliphatic rings. The summed E-state index contributed by atoms with van der Waals surface area (Å²) in [4.78, 5) is 15.2. The molecule has 2 aromatic heterocycles. The molecule has 148 valence electrons. The van der Waals surface area contributed by atoms with Crippen molar-refractivity contribution >= 4 is 17.2 Å². The highest BCUT2D eigenvalue weighted by Gasteiger charge is 2.15. The zero-order valence-electron chi connectivity index (χ0n) is 15.8. The number of amides is 1. The number of carbonyl (C=O) groups excluding carboxylic acids is 1. The summed E-state index contributed by atoms with van der Waals surface area (Å²) >= 11 is 1.55. The van der Waals surface area contributed by atoms with Crippen molar-refractivity contribution in [3.8, 4) is 16.5 Å². The van der Waals surface area contributed by atoms with Crippen LogP contribution in [0.1, 0.15) is 19.2 Å². The number of hydrogen-bond donors (Lipinski definition) is 1. The fraction of sp³-hybridized carbons (Fsp3) is 0.350. The highest BCUT2D eigenvalue weighted by Crippen LogP contribution is 2.23. The fourth-order valence-corrected chi connectivity index (χ4v) is 3.32. The smallest absolute Gasteiger partial charge is 0.257 e. The van der Waals surface area contributed by atoms with Crippen molar-refractivity contribution in [1.82, 2.24) is 20.4 Å². The van der Waals surface area contributed by atoms with E-state index in [2.05, 4.69) is 22.4 Å². The molecule has 7 nitrogen and oxygen atoms in total. The van der Waals surface area contributed by atoms with E-state index in [1.165, 1.54) is 0 Å².